The summed E-state index contributed by atoms with van der Waals surface area (Å²) in [6.45, 7) is 0.726. The quantitative estimate of drug-likeness (QED) is 0.465. The number of nitrogens with zero attached hydrogens (tertiary/aromatic N) is 1. The first-order valence-electron chi connectivity index (χ1n) is 7.06. The first kappa shape index (κ1) is 16.2. The molecule has 3 rings (SSSR count). The van der Waals surface area contributed by atoms with Gasteiger partial charge in [0.1, 0.15) is 12.7 Å². The molecule has 1 saturated heterocycles. The number of hydrogen-bond acceptors (Lipinski definition) is 6. The molecule has 1 aliphatic rings. The van der Waals surface area contributed by atoms with E-state index in [9.17, 15) is 18.5 Å². The highest BCUT2D eigenvalue weighted by atomic mass is 32.2. The van der Waals surface area contributed by atoms with Gasteiger partial charge in [0.05, 0.1) is 22.1 Å². The van der Waals surface area contributed by atoms with Crippen LogP contribution in [0.3, 0.4) is 0 Å². The second-order valence-corrected chi connectivity index (χ2v) is 6.81. The van der Waals surface area contributed by atoms with E-state index < -0.39 is 14.9 Å². The van der Waals surface area contributed by atoms with E-state index in [0.29, 0.717) is 6.61 Å². The van der Waals surface area contributed by atoms with Gasteiger partial charge in [-0.1, -0.05) is 18.2 Å². The normalized spacial score (nSPS) is 16.4. The fourth-order valence-corrected chi connectivity index (χ4v) is 3.08. The van der Waals surface area contributed by atoms with E-state index in [0.717, 1.165) is 0 Å². The molecule has 1 aliphatic heterocycles. The molecule has 1 atom stereocenters. The van der Waals surface area contributed by atoms with E-state index in [4.69, 9.17) is 9.47 Å². The molecular formula is C15H14N2O6S. The zero-order chi connectivity index (χ0) is 17.2. The zero-order valence-electron chi connectivity index (χ0n) is 12.4. The van der Waals surface area contributed by atoms with Gasteiger partial charge in [0, 0.05) is 12.1 Å². The minimum absolute atomic E-state index is 0.0104. The van der Waals surface area contributed by atoms with E-state index in [1.165, 1.54) is 30.3 Å². The van der Waals surface area contributed by atoms with Gasteiger partial charge in [0.2, 0.25) is 0 Å². The zero-order valence-corrected chi connectivity index (χ0v) is 13.2. The molecule has 24 heavy (non-hydrogen) atoms. The minimum Gasteiger partial charge on any atom is -0.484 e. The Morgan fingerprint density at radius 3 is 2.58 bits per heavy atom. The molecule has 0 bridgehead atoms. The Morgan fingerprint density at radius 2 is 1.96 bits per heavy atom. The molecule has 1 N–H and O–H groups in total. The van der Waals surface area contributed by atoms with Gasteiger partial charge in [-0.05, 0) is 18.2 Å². The summed E-state index contributed by atoms with van der Waals surface area (Å²) >= 11 is 0. The van der Waals surface area contributed by atoms with Gasteiger partial charge >= 0.3 is 5.69 Å². The number of rotatable bonds is 7. The molecule has 1 fully saturated rings. The molecule has 8 nitrogen and oxygen atoms in total. The van der Waals surface area contributed by atoms with Crippen LogP contribution in [0.5, 0.6) is 5.75 Å². The van der Waals surface area contributed by atoms with Gasteiger partial charge in [-0.25, -0.2) is 8.42 Å². The molecule has 0 aliphatic carbocycles. The lowest BCUT2D eigenvalue weighted by atomic mass is 10.2. The van der Waals surface area contributed by atoms with Crippen molar-refractivity contribution in [3.63, 3.8) is 0 Å². The largest absolute Gasteiger partial charge is 0.484 e. The predicted molar refractivity (Wildman–Crippen MR) is 85.6 cm³/mol. The summed E-state index contributed by atoms with van der Waals surface area (Å²) < 4.78 is 37.4. The third-order valence-electron chi connectivity index (χ3n) is 3.29. The molecule has 0 aromatic heterocycles. The molecule has 0 spiro atoms. The Labute approximate surface area is 138 Å². The number of anilines is 1. The predicted octanol–water partition coefficient (Wildman–Crippen LogP) is 2.17. The number of nitrogens with one attached hydrogen (secondary N) is 1. The SMILES string of the molecule is O=[N+]([O-])c1ccc(NS(=O)(=O)c2ccccc2)cc1OCC1CO1. The molecular weight excluding hydrogens is 336 g/mol. The highest BCUT2D eigenvalue weighted by molar-refractivity contribution is 7.92. The van der Waals surface area contributed by atoms with Crippen LogP contribution in [0.4, 0.5) is 11.4 Å². The van der Waals surface area contributed by atoms with Crippen molar-refractivity contribution >= 4 is 21.4 Å². The van der Waals surface area contributed by atoms with Gasteiger partial charge in [-0.3, -0.25) is 14.8 Å². The van der Waals surface area contributed by atoms with Crippen molar-refractivity contribution in [1.82, 2.24) is 0 Å². The second-order valence-electron chi connectivity index (χ2n) is 5.12. The van der Waals surface area contributed by atoms with Crippen molar-refractivity contribution in [2.75, 3.05) is 17.9 Å². The van der Waals surface area contributed by atoms with Crippen molar-refractivity contribution in [2.45, 2.75) is 11.0 Å². The highest BCUT2D eigenvalue weighted by Gasteiger charge is 2.25. The number of nitro groups is 1. The van der Waals surface area contributed by atoms with Crippen molar-refractivity contribution < 1.29 is 22.8 Å². The van der Waals surface area contributed by atoms with Crippen molar-refractivity contribution in [3.8, 4) is 5.75 Å². The maximum atomic E-state index is 12.3. The molecule has 0 saturated carbocycles. The number of sulfonamides is 1. The fourth-order valence-electron chi connectivity index (χ4n) is 2.00. The lowest BCUT2D eigenvalue weighted by molar-refractivity contribution is -0.385. The maximum Gasteiger partial charge on any atom is 0.311 e. The van der Waals surface area contributed by atoms with Crippen LogP contribution in [0, 0.1) is 10.1 Å². The number of ether oxygens (including phenoxy) is 2. The summed E-state index contributed by atoms with van der Waals surface area (Å²) in [6.07, 6.45) is -0.0747. The van der Waals surface area contributed by atoms with Crippen LogP contribution in [-0.4, -0.2) is 32.7 Å². The summed E-state index contributed by atoms with van der Waals surface area (Å²) in [5.74, 6) is -0.0104. The van der Waals surface area contributed by atoms with E-state index in [1.54, 1.807) is 18.2 Å². The van der Waals surface area contributed by atoms with Crippen LogP contribution in [0.2, 0.25) is 0 Å². The molecule has 2 aromatic rings. The van der Waals surface area contributed by atoms with Crippen molar-refractivity contribution in [1.29, 1.82) is 0 Å². The smallest absolute Gasteiger partial charge is 0.311 e. The Balaban J connectivity index is 1.85. The summed E-state index contributed by atoms with van der Waals surface area (Å²) in [5, 5.41) is 11.1. The number of nitro benzene ring substituents is 1. The molecule has 2 aromatic carbocycles. The number of benzene rings is 2. The van der Waals surface area contributed by atoms with E-state index in [2.05, 4.69) is 4.72 Å². The highest BCUT2D eigenvalue weighted by Crippen LogP contribution is 2.31. The Kier molecular flexibility index (Phi) is 4.36. The van der Waals surface area contributed by atoms with Crippen molar-refractivity contribution in [2.24, 2.45) is 0 Å². The average Bonchev–Trinajstić information content (AvgIpc) is 3.37. The maximum absolute atomic E-state index is 12.3. The average molecular weight is 350 g/mol. The molecule has 9 heteroatoms. The molecule has 1 unspecified atom stereocenters. The van der Waals surface area contributed by atoms with Crippen LogP contribution in [-0.2, 0) is 14.8 Å². The summed E-state index contributed by atoms with van der Waals surface area (Å²) in [6, 6.07) is 11.6. The van der Waals surface area contributed by atoms with Crippen LogP contribution in [0.25, 0.3) is 0 Å². The molecule has 0 amide bonds. The summed E-state index contributed by atoms with van der Waals surface area (Å²) in [7, 11) is -3.78. The van der Waals surface area contributed by atoms with Gasteiger partial charge in [-0.15, -0.1) is 0 Å². The van der Waals surface area contributed by atoms with Crippen molar-refractivity contribution in [3.05, 3.63) is 58.6 Å². The van der Waals surface area contributed by atoms with E-state index in [-0.39, 0.29) is 34.7 Å². The standard InChI is InChI=1S/C15H14N2O6S/c18-17(19)14-7-6-11(8-15(14)23-10-12-9-22-12)16-24(20,21)13-4-2-1-3-5-13/h1-8,12,16H,9-10H2. The monoisotopic (exact) mass is 350 g/mol. The third kappa shape index (κ3) is 3.81. The number of epoxide rings is 1. The van der Waals surface area contributed by atoms with Gasteiger partial charge in [0.15, 0.2) is 5.75 Å². The van der Waals surface area contributed by atoms with Crippen LogP contribution in [0.1, 0.15) is 0 Å². The lowest BCUT2D eigenvalue weighted by Crippen LogP contribution is -2.13. The first-order valence-corrected chi connectivity index (χ1v) is 8.55. The van der Waals surface area contributed by atoms with Gasteiger partial charge in [0.25, 0.3) is 10.0 Å². The third-order valence-corrected chi connectivity index (χ3v) is 4.69. The number of hydrogen-bond donors (Lipinski definition) is 1. The molecule has 1 heterocycles. The summed E-state index contributed by atoms with van der Waals surface area (Å²) in [5.41, 5.74) is -0.0607. The lowest BCUT2D eigenvalue weighted by Gasteiger charge is -2.10. The Hall–Kier alpha value is -2.65. The fraction of sp³-hybridized carbons (Fsp3) is 0.200. The van der Waals surface area contributed by atoms with Crippen LogP contribution in [0.15, 0.2) is 53.4 Å². The van der Waals surface area contributed by atoms with Crippen LogP contribution < -0.4 is 9.46 Å². The second kappa shape index (κ2) is 6.46. The Bertz CT molecular complexity index is 850. The summed E-state index contributed by atoms with van der Waals surface area (Å²) in [4.78, 5) is 10.6. The molecule has 0 radical (unpaired) electrons. The van der Waals surface area contributed by atoms with Crippen LogP contribution >= 0.6 is 0 Å². The van der Waals surface area contributed by atoms with Gasteiger partial charge in [-0.2, -0.15) is 0 Å². The Morgan fingerprint density at radius 1 is 1.25 bits per heavy atom. The van der Waals surface area contributed by atoms with Gasteiger partial charge < -0.3 is 9.47 Å². The van der Waals surface area contributed by atoms with E-state index in [1.807, 2.05) is 0 Å². The minimum atomic E-state index is -3.78. The molecule has 126 valence electrons. The first-order chi connectivity index (χ1) is 11.5. The topological polar surface area (TPSA) is 111 Å². The van der Waals surface area contributed by atoms with E-state index >= 15 is 0 Å².